The van der Waals surface area contributed by atoms with Crippen LogP contribution >= 0.6 is 0 Å². The van der Waals surface area contributed by atoms with Gasteiger partial charge in [-0.1, -0.05) is 26.5 Å². The van der Waals surface area contributed by atoms with Gasteiger partial charge in [0, 0.05) is 18.4 Å². The Morgan fingerprint density at radius 3 is 2.17 bits per heavy atom. The van der Waals surface area contributed by atoms with Gasteiger partial charge in [-0.25, -0.2) is 4.99 Å². The number of carboxylic acid groups (broad SMARTS) is 1. The van der Waals surface area contributed by atoms with Crippen LogP contribution in [0.15, 0.2) is 52.2 Å². The minimum atomic E-state index is -0.977. The van der Waals surface area contributed by atoms with Gasteiger partial charge < -0.3 is 15.6 Å². The third-order valence-electron chi connectivity index (χ3n) is 5.10. The molecule has 1 atom stereocenters. The number of nitrogens with two attached hydrogens (primary N) is 1. The van der Waals surface area contributed by atoms with E-state index in [0.29, 0.717) is 24.2 Å². The molecule has 168 valence electrons. The minimum absolute atomic E-state index is 0.00887. The fraction of sp³-hybridized carbons (Fsp3) is 0.542. The number of carboxylic acids is 1. The third-order valence-corrected chi connectivity index (χ3v) is 5.10. The SMILES string of the molecule is C=N/C(N)=C(\C(C)=C\CC)C(C)(CC(=C)O/C=C(\C)CC(C)(C)C(=O)O)C(=O)CC. The molecule has 0 aromatic heterocycles. The first-order chi connectivity index (χ1) is 13.8. The van der Waals surface area contributed by atoms with Crippen LogP contribution in [0, 0.1) is 10.8 Å². The van der Waals surface area contributed by atoms with Gasteiger partial charge in [-0.3, -0.25) is 9.59 Å². The van der Waals surface area contributed by atoms with Gasteiger partial charge in [0.05, 0.1) is 22.9 Å². The number of Topliss-reactive ketones (excluding diaryl/α,β-unsaturated/α-hetero) is 1. The summed E-state index contributed by atoms with van der Waals surface area (Å²) in [5, 5.41) is 9.28. The number of hydrogen-bond donors (Lipinski definition) is 2. The molecule has 6 nitrogen and oxygen atoms in total. The molecule has 0 saturated heterocycles. The first-order valence-electron chi connectivity index (χ1n) is 10.2. The highest BCUT2D eigenvalue weighted by Crippen LogP contribution is 2.41. The van der Waals surface area contributed by atoms with E-state index in [-0.39, 0.29) is 18.0 Å². The predicted octanol–water partition coefficient (Wildman–Crippen LogP) is 5.52. The number of carbonyl (C=O) groups is 2. The zero-order valence-corrected chi connectivity index (χ0v) is 19.6. The molecule has 0 heterocycles. The maximum atomic E-state index is 13.0. The molecule has 0 aliphatic heterocycles. The molecule has 0 aromatic carbocycles. The number of aliphatic imine (C=N–C) groups is 1. The molecule has 0 fully saturated rings. The summed E-state index contributed by atoms with van der Waals surface area (Å²) < 4.78 is 5.69. The number of carbonyl (C=O) groups excluding carboxylic acids is 1. The molecule has 0 saturated carbocycles. The molecule has 30 heavy (non-hydrogen) atoms. The Morgan fingerprint density at radius 2 is 1.73 bits per heavy atom. The zero-order valence-electron chi connectivity index (χ0n) is 19.6. The average molecular weight is 419 g/mol. The highest BCUT2D eigenvalue weighted by molar-refractivity contribution is 5.89. The van der Waals surface area contributed by atoms with Gasteiger partial charge in [-0.05, 0) is 65.3 Å². The average Bonchev–Trinajstić information content (AvgIpc) is 2.65. The number of ketones is 1. The first-order valence-corrected chi connectivity index (χ1v) is 10.2. The predicted molar refractivity (Wildman–Crippen MR) is 123 cm³/mol. The van der Waals surface area contributed by atoms with Crippen molar-refractivity contribution in [3.8, 4) is 0 Å². The van der Waals surface area contributed by atoms with E-state index in [1.165, 1.54) is 6.26 Å². The second kappa shape index (κ2) is 11.5. The molecule has 0 amide bonds. The Bertz CT molecular complexity index is 772. The van der Waals surface area contributed by atoms with E-state index in [4.69, 9.17) is 10.5 Å². The van der Waals surface area contributed by atoms with Crippen molar-refractivity contribution in [3.05, 3.63) is 47.2 Å². The summed E-state index contributed by atoms with van der Waals surface area (Å²) in [4.78, 5) is 28.2. The lowest BCUT2D eigenvalue weighted by Gasteiger charge is -2.32. The van der Waals surface area contributed by atoms with Crippen molar-refractivity contribution in [2.75, 3.05) is 0 Å². The van der Waals surface area contributed by atoms with Gasteiger partial charge in [0.25, 0.3) is 0 Å². The summed E-state index contributed by atoms with van der Waals surface area (Å²) in [5.74, 6) is -0.296. The molecule has 1 unspecified atom stereocenters. The Labute approximate surface area is 181 Å². The lowest BCUT2D eigenvalue weighted by Crippen LogP contribution is -2.33. The lowest BCUT2D eigenvalue weighted by atomic mass is 9.71. The van der Waals surface area contributed by atoms with Crippen molar-refractivity contribution in [1.82, 2.24) is 0 Å². The molecule has 0 radical (unpaired) electrons. The van der Waals surface area contributed by atoms with Gasteiger partial charge >= 0.3 is 5.97 Å². The summed E-state index contributed by atoms with van der Waals surface area (Å²) in [7, 11) is 0. The Morgan fingerprint density at radius 1 is 1.17 bits per heavy atom. The van der Waals surface area contributed by atoms with Gasteiger partial charge in [-0.15, -0.1) is 0 Å². The van der Waals surface area contributed by atoms with Crippen LogP contribution in [0.3, 0.4) is 0 Å². The Balaban J connectivity index is 5.88. The Hall–Kier alpha value is -2.63. The van der Waals surface area contributed by atoms with E-state index in [1.807, 2.05) is 26.8 Å². The van der Waals surface area contributed by atoms with Gasteiger partial charge in [-0.2, -0.15) is 0 Å². The normalized spacial score (nSPS) is 15.7. The quantitative estimate of drug-likeness (QED) is 0.233. The van der Waals surface area contributed by atoms with Crippen molar-refractivity contribution in [2.45, 2.75) is 74.1 Å². The molecule has 0 spiro atoms. The fourth-order valence-electron chi connectivity index (χ4n) is 3.56. The van der Waals surface area contributed by atoms with Crippen LogP contribution in [0.25, 0.3) is 0 Å². The summed E-state index contributed by atoms with van der Waals surface area (Å²) in [6.07, 6.45) is 5.14. The van der Waals surface area contributed by atoms with Crippen LogP contribution in [0.1, 0.15) is 74.1 Å². The number of hydrogen-bond acceptors (Lipinski definition) is 5. The highest BCUT2D eigenvalue weighted by Gasteiger charge is 2.39. The van der Waals surface area contributed by atoms with Crippen LogP contribution < -0.4 is 5.73 Å². The third kappa shape index (κ3) is 7.32. The van der Waals surface area contributed by atoms with E-state index < -0.39 is 16.8 Å². The number of ether oxygens (including phenoxy) is 1. The topological polar surface area (TPSA) is 102 Å². The van der Waals surface area contributed by atoms with Crippen molar-refractivity contribution in [2.24, 2.45) is 21.6 Å². The zero-order chi connectivity index (χ0) is 23.7. The van der Waals surface area contributed by atoms with Crippen molar-refractivity contribution in [3.63, 3.8) is 0 Å². The highest BCUT2D eigenvalue weighted by atomic mass is 16.5. The Kier molecular flexibility index (Phi) is 10.5. The summed E-state index contributed by atoms with van der Waals surface area (Å²) in [6.45, 7) is 20.1. The van der Waals surface area contributed by atoms with Crippen LogP contribution in [-0.4, -0.2) is 23.6 Å². The number of aliphatic carboxylic acids is 1. The molecule has 0 rings (SSSR count). The maximum Gasteiger partial charge on any atom is 0.309 e. The fourth-order valence-corrected chi connectivity index (χ4v) is 3.56. The van der Waals surface area contributed by atoms with E-state index in [1.54, 1.807) is 27.7 Å². The van der Waals surface area contributed by atoms with E-state index >= 15 is 0 Å². The van der Waals surface area contributed by atoms with E-state index in [9.17, 15) is 14.7 Å². The largest absolute Gasteiger partial charge is 0.481 e. The van der Waals surface area contributed by atoms with Crippen molar-refractivity contribution < 1.29 is 19.4 Å². The van der Waals surface area contributed by atoms with Crippen LogP contribution in [-0.2, 0) is 14.3 Å². The lowest BCUT2D eigenvalue weighted by molar-refractivity contribution is -0.146. The number of allylic oxidation sites excluding steroid dienone is 5. The van der Waals surface area contributed by atoms with Crippen molar-refractivity contribution in [1.29, 1.82) is 0 Å². The van der Waals surface area contributed by atoms with Crippen LogP contribution in [0.2, 0.25) is 0 Å². The summed E-state index contributed by atoms with van der Waals surface area (Å²) >= 11 is 0. The molecular weight excluding hydrogens is 380 g/mol. The smallest absolute Gasteiger partial charge is 0.309 e. The second-order valence-electron chi connectivity index (χ2n) is 8.49. The van der Waals surface area contributed by atoms with Gasteiger partial charge in [0.15, 0.2) is 0 Å². The van der Waals surface area contributed by atoms with Gasteiger partial charge in [0.2, 0.25) is 0 Å². The minimum Gasteiger partial charge on any atom is -0.481 e. The van der Waals surface area contributed by atoms with Crippen LogP contribution in [0.5, 0.6) is 0 Å². The van der Waals surface area contributed by atoms with Gasteiger partial charge in [0.1, 0.15) is 11.6 Å². The summed E-state index contributed by atoms with van der Waals surface area (Å²) in [5.41, 5.74) is 6.52. The molecule has 0 aliphatic rings. The molecule has 0 aromatic rings. The summed E-state index contributed by atoms with van der Waals surface area (Å²) in [6, 6.07) is 0. The molecular formula is C24H38N2O4. The van der Waals surface area contributed by atoms with E-state index in [0.717, 1.165) is 17.6 Å². The standard InChI is InChI=1S/C24H38N2O4/c1-10-12-17(4)20(21(25)26-9)24(8,19(27)11-2)14-18(5)30-15-16(3)13-23(6,7)22(28)29/h12,15H,5,9-11,13-14,25H2,1-4,6-8H3,(H,28,29)/b16-15+,17-12+,21-20+. The molecule has 0 bridgehead atoms. The van der Waals surface area contributed by atoms with Crippen LogP contribution in [0.4, 0.5) is 0 Å². The number of rotatable bonds is 13. The monoisotopic (exact) mass is 418 g/mol. The molecule has 6 heteroatoms. The number of nitrogens with zero attached hydrogens (tertiary/aromatic N) is 1. The van der Waals surface area contributed by atoms with E-state index in [2.05, 4.69) is 18.3 Å². The molecule has 0 aliphatic carbocycles. The second-order valence-corrected chi connectivity index (χ2v) is 8.49. The maximum absolute atomic E-state index is 13.0. The van der Waals surface area contributed by atoms with Crippen molar-refractivity contribution >= 4 is 18.5 Å². The first kappa shape index (κ1) is 27.4. The molecule has 3 N–H and O–H groups in total.